The summed E-state index contributed by atoms with van der Waals surface area (Å²) in [5.74, 6) is 1.45. The summed E-state index contributed by atoms with van der Waals surface area (Å²) in [5, 5.41) is 0.488. The summed E-state index contributed by atoms with van der Waals surface area (Å²) in [6.45, 7) is 7.87. The Labute approximate surface area is 124 Å². The molecular formula is C15H18ClN3O. The van der Waals surface area contributed by atoms with Crippen LogP contribution in [-0.4, -0.2) is 21.1 Å². The molecule has 0 saturated heterocycles. The Morgan fingerprint density at radius 2 is 2.00 bits per heavy atom. The van der Waals surface area contributed by atoms with Crippen molar-refractivity contribution in [2.75, 3.05) is 0 Å². The number of aromatic nitrogens is 3. The Morgan fingerprint density at radius 3 is 2.65 bits per heavy atom. The predicted molar refractivity (Wildman–Crippen MR) is 80.2 cm³/mol. The minimum Gasteiger partial charge on any atom is -0.489 e. The maximum atomic E-state index is 6.17. The standard InChI is InChI=1S/C15H18ClN3O/c1-5-13-18-14(10(4)15(16)19-13)11-6-12(8-17-7-11)20-9(2)3/h6-9H,5H2,1-4H3. The molecule has 0 aliphatic rings. The molecule has 106 valence electrons. The fourth-order valence-electron chi connectivity index (χ4n) is 1.86. The molecule has 2 rings (SSSR count). The number of halogens is 1. The first-order chi connectivity index (χ1) is 9.51. The van der Waals surface area contributed by atoms with Gasteiger partial charge in [0.15, 0.2) is 0 Å². The minimum atomic E-state index is 0.105. The van der Waals surface area contributed by atoms with Crippen molar-refractivity contribution in [2.24, 2.45) is 0 Å². The number of rotatable bonds is 4. The molecule has 2 heterocycles. The van der Waals surface area contributed by atoms with Crippen molar-refractivity contribution in [3.63, 3.8) is 0 Å². The van der Waals surface area contributed by atoms with E-state index in [1.54, 1.807) is 12.4 Å². The molecule has 0 unspecified atom stereocenters. The third-order valence-corrected chi connectivity index (χ3v) is 3.18. The molecule has 0 bridgehead atoms. The van der Waals surface area contributed by atoms with Crippen molar-refractivity contribution >= 4 is 11.6 Å². The minimum absolute atomic E-state index is 0.105. The Hall–Kier alpha value is -1.68. The van der Waals surface area contributed by atoms with Crippen LogP contribution < -0.4 is 4.74 Å². The van der Waals surface area contributed by atoms with Gasteiger partial charge in [-0.25, -0.2) is 9.97 Å². The lowest BCUT2D eigenvalue weighted by Crippen LogP contribution is -2.06. The fourth-order valence-corrected chi connectivity index (χ4v) is 2.04. The van der Waals surface area contributed by atoms with Crippen LogP contribution in [-0.2, 0) is 6.42 Å². The second-order valence-corrected chi connectivity index (χ2v) is 5.19. The molecule has 0 atom stereocenters. The van der Waals surface area contributed by atoms with Gasteiger partial charge in [-0.05, 0) is 26.8 Å². The highest BCUT2D eigenvalue weighted by Gasteiger charge is 2.12. The van der Waals surface area contributed by atoms with Gasteiger partial charge in [0.2, 0.25) is 0 Å². The molecule has 0 radical (unpaired) electrons. The molecule has 0 N–H and O–H groups in total. The molecule has 0 fully saturated rings. The zero-order valence-electron chi connectivity index (χ0n) is 12.1. The van der Waals surface area contributed by atoms with Gasteiger partial charge >= 0.3 is 0 Å². The third-order valence-electron chi connectivity index (χ3n) is 2.81. The molecule has 0 saturated carbocycles. The molecule has 4 nitrogen and oxygen atoms in total. The van der Waals surface area contributed by atoms with Crippen LogP contribution in [0.2, 0.25) is 5.15 Å². The monoisotopic (exact) mass is 291 g/mol. The van der Waals surface area contributed by atoms with Gasteiger partial charge in [0.1, 0.15) is 16.7 Å². The SMILES string of the molecule is CCc1nc(Cl)c(C)c(-c2cncc(OC(C)C)c2)n1. The summed E-state index contributed by atoms with van der Waals surface area (Å²) in [4.78, 5) is 13.0. The van der Waals surface area contributed by atoms with Gasteiger partial charge < -0.3 is 4.74 Å². The molecular weight excluding hydrogens is 274 g/mol. The van der Waals surface area contributed by atoms with Crippen molar-refractivity contribution in [2.45, 2.75) is 40.2 Å². The van der Waals surface area contributed by atoms with Gasteiger partial charge in [0.25, 0.3) is 0 Å². The van der Waals surface area contributed by atoms with Crippen molar-refractivity contribution in [3.05, 3.63) is 35.0 Å². The van der Waals surface area contributed by atoms with Gasteiger partial charge in [-0.2, -0.15) is 0 Å². The average Bonchev–Trinajstić information content (AvgIpc) is 2.41. The quantitative estimate of drug-likeness (QED) is 0.803. The lowest BCUT2D eigenvalue weighted by Gasteiger charge is -2.12. The van der Waals surface area contributed by atoms with Gasteiger partial charge in [-0.3, -0.25) is 4.98 Å². The lowest BCUT2D eigenvalue weighted by atomic mass is 10.1. The molecule has 0 amide bonds. The zero-order chi connectivity index (χ0) is 14.7. The third kappa shape index (κ3) is 3.25. The van der Waals surface area contributed by atoms with E-state index in [1.165, 1.54) is 0 Å². The van der Waals surface area contributed by atoms with Crippen molar-refractivity contribution < 1.29 is 4.74 Å². The number of hydrogen-bond acceptors (Lipinski definition) is 4. The Bertz CT molecular complexity index is 614. The van der Waals surface area contributed by atoms with Gasteiger partial charge in [-0.1, -0.05) is 18.5 Å². The first kappa shape index (κ1) is 14.7. The summed E-state index contributed by atoms with van der Waals surface area (Å²) in [5.41, 5.74) is 2.55. The highest BCUT2D eigenvalue weighted by atomic mass is 35.5. The zero-order valence-corrected chi connectivity index (χ0v) is 12.9. The molecule has 2 aromatic heterocycles. The van der Waals surface area contributed by atoms with Gasteiger partial charge in [0.05, 0.1) is 18.0 Å². The molecule has 20 heavy (non-hydrogen) atoms. The fraction of sp³-hybridized carbons (Fsp3) is 0.400. The number of nitrogens with zero attached hydrogens (tertiary/aromatic N) is 3. The summed E-state index contributed by atoms with van der Waals surface area (Å²) in [7, 11) is 0. The van der Waals surface area contributed by atoms with Crippen molar-refractivity contribution in [3.8, 4) is 17.0 Å². The largest absolute Gasteiger partial charge is 0.489 e. The molecule has 5 heteroatoms. The number of aryl methyl sites for hydroxylation is 1. The van der Waals surface area contributed by atoms with Crippen LogP contribution in [0.25, 0.3) is 11.3 Å². The Kier molecular flexibility index (Phi) is 4.55. The summed E-state index contributed by atoms with van der Waals surface area (Å²) >= 11 is 6.17. The number of ether oxygens (including phenoxy) is 1. The lowest BCUT2D eigenvalue weighted by molar-refractivity contribution is 0.241. The van der Waals surface area contributed by atoms with Crippen molar-refractivity contribution in [1.82, 2.24) is 15.0 Å². The summed E-state index contributed by atoms with van der Waals surface area (Å²) < 4.78 is 5.66. The van der Waals surface area contributed by atoms with E-state index in [0.717, 1.165) is 34.8 Å². The van der Waals surface area contributed by atoms with Crippen LogP contribution >= 0.6 is 11.6 Å². The van der Waals surface area contributed by atoms with E-state index in [4.69, 9.17) is 16.3 Å². The van der Waals surface area contributed by atoms with Crippen LogP contribution in [0.15, 0.2) is 18.5 Å². The Morgan fingerprint density at radius 1 is 1.25 bits per heavy atom. The maximum absolute atomic E-state index is 6.17. The normalized spacial score (nSPS) is 10.9. The first-order valence-corrected chi connectivity index (χ1v) is 7.04. The molecule has 0 spiro atoms. The van der Waals surface area contributed by atoms with Crippen molar-refractivity contribution in [1.29, 1.82) is 0 Å². The first-order valence-electron chi connectivity index (χ1n) is 6.66. The maximum Gasteiger partial charge on any atom is 0.138 e. The van der Waals surface area contributed by atoms with Gasteiger partial charge in [-0.15, -0.1) is 0 Å². The molecule has 0 aromatic carbocycles. The van der Waals surface area contributed by atoms with E-state index < -0.39 is 0 Å². The van der Waals surface area contributed by atoms with Crippen LogP contribution in [0.4, 0.5) is 0 Å². The second kappa shape index (κ2) is 6.18. The van der Waals surface area contributed by atoms with E-state index in [-0.39, 0.29) is 6.10 Å². The Balaban J connectivity index is 2.48. The summed E-state index contributed by atoms with van der Waals surface area (Å²) in [6, 6.07) is 1.93. The predicted octanol–water partition coefficient (Wildman–Crippen LogP) is 3.85. The smallest absolute Gasteiger partial charge is 0.138 e. The van der Waals surface area contributed by atoms with Crippen LogP contribution in [0.3, 0.4) is 0 Å². The highest BCUT2D eigenvalue weighted by Crippen LogP contribution is 2.27. The number of hydrogen-bond donors (Lipinski definition) is 0. The van der Waals surface area contributed by atoms with Gasteiger partial charge in [0, 0.05) is 23.7 Å². The molecule has 2 aromatic rings. The van der Waals surface area contributed by atoms with E-state index in [9.17, 15) is 0 Å². The molecule has 0 aliphatic heterocycles. The van der Waals surface area contributed by atoms with Crippen LogP contribution in [0, 0.1) is 6.92 Å². The topological polar surface area (TPSA) is 47.9 Å². The van der Waals surface area contributed by atoms with E-state index in [1.807, 2.05) is 33.8 Å². The average molecular weight is 292 g/mol. The van der Waals surface area contributed by atoms with Crippen LogP contribution in [0.5, 0.6) is 5.75 Å². The van der Waals surface area contributed by atoms with E-state index >= 15 is 0 Å². The van der Waals surface area contributed by atoms with Crippen LogP contribution in [0.1, 0.15) is 32.2 Å². The molecule has 0 aliphatic carbocycles. The highest BCUT2D eigenvalue weighted by molar-refractivity contribution is 6.30. The number of pyridine rings is 1. The van der Waals surface area contributed by atoms with E-state index in [0.29, 0.717) is 5.15 Å². The van der Waals surface area contributed by atoms with E-state index in [2.05, 4.69) is 15.0 Å². The summed E-state index contributed by atoms with van der Waals surface area (Å²) in [6.07, 6.45) is 4.30. The second-order valence-electron chi connectivity index (χ2n) is 4.83.